The normalized spacial score (nSPS) is 11.1. The second kappa shape index (κ2) is 12.8. The highest BCUT2D eigenvalue weighted by Gasteiger charge is 2.20. The van der Waals surface area contributed by atoms with Crippen LogP contribution < -0.4 is 10.6 Å². The smallest absolute Gasteiger partial charge is 0.256 e. The summed E-state index contributed by atoms with van der Waals surface area (Å²) in [5.74, 6) is -0.590. The summed E-state index contributed by atoms with van der Waals surface area (Å²) >= 11 is 0. The van der Waals surface area contributed by atoms with Crippen LogP contribution in [-0.4, -0.2) is 21.8 Å². The van der Waals surface area contributed by atoms with Crippen LogP contribution in [0.3, 0.4) is 0 Å². The van der Waals surface area contributed by atoms with Crippen LogP contribution in [0, 0.1) is 34.6 Å². The lowest BCUT2D eigenvalue weighted by Crippen LogP contribution is -2.18. The van der Waals surface area contributed by atoms with E-state index in [1.165, 1.54) is 0 Å². The Morgan fingerprint density at radius 3 is 1.39 bits per heavy atom. The van der Waals surface area contributed by atoms with E-state index in [2.05, 4.69) is 62.6 Å². The van der Waals surface area contributed by atoms with Gasteiger partial charge in [0.05, 0.1) is 44.9 Å². The summed E-state index contributed by atoms with van der Waals surface area (Å²) in [6.07, 6.45) is 0. The van der Waals surface area contributed by atoms with E-state index in [1.807, 2.05) is 97.9 Å². The number of amides is 2. The van der Waals surface area contributed by atoms with Crippen LogP contribution in [0.25, 0.3) is 44.3 Å². The van der Waals surface area contributed by atoms with Gasteiger partial charge in [-0.3, -0.25) is 9.59 Å². The van der Waals surface area contributed by atoms with Crippen molar-refractivity contribution in [3.8, 4) is 22.5 Å². The molecule has 240 valence electrons. The topological polar surface area (TPSA) is 84.0 Å². The summed E-state index contributed by atoms with van der Waals surface area (Å²) in [5, 5.41) is 7.70. The molecule has 6 heteroatoms. The molecule has 0 saturated carbocycles. The van der Waals surface area contributed by atoms with Gasteiger partial charge in [0.1, 0.15) is 0 Å². The number of pyridine rings is 2. The molecule has 0 saturated heterocycles. The van der Waals surface area contributed by atoms with E-state index in [0.29, 0.717) is 22.5 Å². The summed E-state index contributed by atoms with van der Waals surface area (Å²) < 4.78 is 0. The van der Waals surface area contributed by atoms with Gasteiger partial charge >= 0.3 is 0 Å². The Labute approximate surface area is 285 Å². The number of anilines is 2. The lowest BCUT2D eigenvalue weighted by atomic mass is 9.99. The molecular formula is C43H36N4O2. The second-order valence-electron chi connectivity index (χ2n) is 12.7. The van der Waals surface area contributed by atoms with E-state index >= 15 is 0 Å². The molecule has 0 aliphatic heterocycles. The second-order valence-corrected chi connectivity index (χ2v) is 12.7. The molecule has 0 aliphatic carbocycles. The Bertz CT molecular complexity index is 2450. The predicted molar refractivity (Wildman–Crippen MR) is 200 cm³/mol. The number of nitrogens with one attached hydrogen (secondary N) is 2. The molecule has 0 aliphatic rings. The Morgan fingerprint density at radius 2 is 0.898 bits per heavy atom. The molecule has 0 fully saturated rings. The van der Waals surface area contributed by atoms with Crippen molar-refractivity contribution in [2.75, 3.05) is 10.6 Å². The highest BCUT2D eigenvalue weighted by atomic mass is 16.2. The van der Waals surface area contributed by atoms with E-state index < -0.39 is 0 Å². The molecule has 2 N–H and O–H groups in total. The molecule has 2 aromatic heterocycles. The number of benzene rings is 5. The van der Waals surface area contributed by atoms with Crippen LogP contribution in [0.2, 0.25) is 0 Å². The van der Waals surface area contributed by atoms with Crippen molar-refractivity contribution in [1.29, 1.82) is 0 Å². The lowest BCUT2D eigenvalue weighted by Gasteiger charge is -2.16. The Hall–Kier alpha value is -6.14. The van der Waals surface area contributed by atoms with Crippen molar-refractivity contribution in [3.05, 3.63) is 154 Å². The number of aryl methyl sites for hydroxylation is 5. The predicted octanol–water partition coefficient (Wildman–Crippen LogP) is 10.2. The fraction of sp³-hybridized carbons (Fsp3) is 0.116. The minimum Gasteiger partial charge on any atom is -0.320 e. The average Bonchev–Trinajstić information content (AvgIpc) is 3.08. The number of rotatable bonds is 6. The summed E-state index contributed by atoms with van der Waals surface area (Å²) in [7, 11) is 0. The molecule has 5 aromatic carbocycles. The molecule has 0 spiro atoms. The summed E-state index contributed by atoms with van der Waals surface area (Å²) in [5.41, 5.74) is 12.3. The number of nitrogens with zero attached hydrogens (tertiary/aromatic N) is 2. The van der Waals surface area contributed by atoms with Crippen LogP contribution in [0.5, 0.6) is 0 Å². The minimum absolute atomic E-state index is 0.294. The molecule has 0 atom stereocenters. The van der Waals surface area contributed by atoms with E-state index in [4.69, 9.17) is 9.97 Å². The SMILES string of the molecule is Cc1ccc(-c2cc(C(=O)Nc3ccc(C)cc3NC(=O)c3cc(-c4ccc(C)cc4C)nc4ccccc34)c3ccccc3n2)c(C)c1. The fourth-order valence-corrected chi connectivity index (χ4v) is 6.45. The first kappa shape index (κ1) is 31.5. The third-order valence-corrected chi connectivity index (χ3v) is 8.91. The first-order chi connectivity index (χ1) is 23.6. The summed E-state index contributed by atoms with van der Waals surface area (Å²) in [6, 6.07) is 37.0. The maximum absolute atomic E-state index is 14.1. The zero-order valence-electron chi connectivity index (χ0n) is 28.2. The molecule has 2 heterocycles. The van der Waals surface area contributed by atoms with Gasteiger partial charge in [0.2, 0.25) is 0 Å². The number of hydrogen-bond donors (Lipinski definition) is 2. The molecule has 0 unspecified atom stereocenters. The summed E-state index contributed by atoms with van der Waals surface area (Å²) in [4.78, 5) is 38.1. The molecule has 0 radical (unpaired) electrons. The third-order valence-electron chi connectivity index (χ3n) is 8.91. The van der Waals surface area contributed by atoms with E-state index in [-0.39, 0.29) is 11.8 Å². The van der Waals surface area contributed by atoms with Crippen LogP contribution in [0.1, 0.15) is 48.5 Å². The number of aromatic nitrogens is 2. The summed E-state index contributed by atoms with van der Waals surface area (Å²) in [6.45, 7) is 10.2. The average molecular weight is 641 g/mol. The lowest BCUT2D eigenvalue weighted by molar-refractivity contribution is 0.101. The fourth-order valence-electron chi connectivity index (χ4n) is 6.45. The third kappa shape index (κ3) is 6.29. The monoisotopic (exact) mass is 640 g/mol. The van der Waals surface area contributed by atoms with Gasteiger partial charge in [-0.15, -0.1) is 0 Å². The number of fused-ring (bicyclic) bond motifs is 2. The molecule has 7 aromatic rings. The minimum atomic E-state index is -0.296. The Kier molecular flexibility index (Phi) is 8.22. The van der Waals surface area contributed by atoms with E-state index in [9.17, 15) is 9.59 Å². The molecule has 2 amide bonds. The van der Waals surface area contributed by atoms with Gasteiger partial charge in [0.15, 0.2) is 0 Å². The van der Waals surface area contributed by atoms with Gasteiger partial charge in [-0.25, -0.2) is 9.97 Å². The van der Waals surface area contributed by atoms with Crippen LogP contribution in [0.4, 0.5) is 11.4 Å². The number of carbonyl (C=O) groups excluding carboxylic acids is 2. The van der Waals surface area contributed by atoms with Crippen molar-refractivity contribution < 1.29 is 9.59 Å². The van der Waals surface area contributed by atoms with Gasteiger partial charge in [-0.05, 0) is 87.7 Å². The first-order valence-electron chi connectivity index (χ1n) is 16.3. The highest BCUT2D eigenvalue weighted by molar-refractivity contribution is 6.17. The molecule has 7 rings (SSSR count). The highest BCUT2D eigenvalue weighted by Crippen LogP contribution is 2.32. The molecule has 49 heavy (non-hydrogen) atoms. The number of para-hydroxylation sites is 2. The standard InChI is InChI=1S/C43H36N4O2/c1-25-14-17-30(28(4)20-25)39-23-34(32-10-6-8-12-36(32)44-39)42(48)46-38-19-16-27(3)22-41(38)47-43(49)35-24-40(31-18-15-26(2)21-29(31)5)45-37-13-9-7-11-33(35)37/h6-24H,1-5H3,(H,46,48)(H,47,49). The number of hydrogen-bond acceptors (Lipinski definition) is 4. The van der Waals surface area contributed by atoms with Crippen molar-refractivity contribution in [2.45, 2.75) is 34.6 Å². The van der Waals surface area contributed by atoms with Gasteiger partial charge in [0, 0.05) is 21.9 Å². The molecule has 6 nitrogen and oxygen atoms in total. The van der Waals surface area contributed by atoms with Crippen LogP contribution in [0.15, 0.2) is 115 Å². The zero-order valence-corrected chi connectivity index (χ0v) is 28.2. The van der Waals surface area contributed by atoms with Gasteiger partial charge < -0.3 is 10.6 Å². The Morgan fingerprint density at radius 1 is 0.469 bits per heavy atom. The quantitative estimate of drug-likeness (QED) is 0.189. The van der Waals surface area contributed by atoms with Gasteiger partial charge in [-0.1, -0.05) is 90.0 Å². The van der Waals surface area contributed by atoms with Crippen molar-refractivity contribution in [3.63, 3.8) is 0 Å². The molecular weight excluding hydrogens is 604 g/mol. The van der Waals surface area contributed by atoms with Crippen molar-refractivity contribution >= 4 is 45.0 Å². The molecule has 0 bridgehead atoms. The number of carbonyl (C=O) groups is 2. The van der Waals surface area contributed by atoms with Gasteiger partial charge in [-0.2, -0.15) is 0 Å². The Balaban J connectivity index is 1.26. The first-order valence-corrected chi connectivity index (χ1v) is 16.3. The largest absolute Gasteiger partial charge is 0.320 e. The van der Waals surface area contributed by atoms with Crippen LogP contribution >= 0.6 is 0 Å². The van der Waals surface area contributed by atoms with Gasteiger partial charge in [0.25, 0.3) is 11.8 Å². The maximum atomic E-state index is 14.1. The van der Waals surface area contributed by atoms with Crippen LogP contribution in [-0.2, 0) is 0 Å². The van der Waals surface area contributed by atoms with E-state index in [0.717, 1.165) is 72.1 Å². The maximum Gasteiger partial charge on any atom is 0.256 e. The van der Waals surface area contributed by atoms with Crippen molar-refractivity contribution in [1.82, 2.24) is 9.97 Å². The zero-order chi connectivity index (χ0) is 34.2. The van der Waals surface area contributed by atoms with Crippen molar-refractivity contribution in [2.24, 2.45) is 0 Å². The van der Waals surface area contributed by atoms with E-state index in [1.54, 1.807) is 0 Å².